The minimum absolute atomic E-state index is 0.708. The number of rotatable bonds is 10. The van der Waals surface area contributed by atoms with E-state index in [-0.39, 0.29) is 0 Å². The SMILES string of the molecule is CCCCCc1ccc(-c2ccc(C#N)cc2)cc1.CCCCCc1ccc(-c2ccc(C#N)cc2)cc1. The monoisotopic (exact) mass is 498 g/mol. The van der Waals surface area contributed by atoms with Crippen molar-refractivity contribution in [2.24, 2.45) is 0 Å². The van der Waals surface area contributed by atoms with Crippen molar-refractivity contribution in [2.45, 2.75) is 65.2 Å². The van der Waals surface area contributed by atoms with E-state index in [0.29, 0.717) is 11.1 Å². The zero-order valence-corrected chi connectivity index (χ0v) is 22.8. The molecule has 0 bridgehead atoms. The summed E-state index contributed by atoms with van der Waals surface area (Å²) < 4.78 is 0. The molecule has 0 saturated carbocycles. The average molecular weight is 499 g/mol. The maximum Gasteiger partial charge on any atom is 0.0991 e. The van der Waals surface area contributed by atoms with Gasteiger partial charge in [-0.05, 0) is 83.3 Å². The summed E-state index contributed by atoms with van der Waals surface area (Å²) in [5, 5.41) is 17.6. The topological polar surface area (TPSA) is 47.6 Å². The van der Waals surface area contributed by atoms with Crippen molar-refractivity contribution in [3.63, 3.8) is 0 Å². The van der Waals surface area contributed by atoms with Crippen LogP contribution in [0.25, 0.3) is 22.3 Å². The van der Waals surface area contributed by atoms with Crippen LogP contribution < -0.4 is 0 Å². The van der Waals surface area contributed by atoms with Crippen LogP contribution in [-0.4, -0.2) is 0 Å². The molecule has 0 saturated heterocycles. The first-order chi connectivity index (χ1) is 18.7. The van der Waals surface area contributed by atoms with Crippen LogP contribution in [-0.2, 0) is 12.8 Å². The second kappa shape index (κ2) is 15.9. The molecule has 2 nitrogen and oxygen atoms in total. The van der Waals surface area contributed by atoms with E-state index in [1.807, 2.05) is 48.5 Å². The van der Waals surface area contributed by atoms with Crippen LogP contribution in [0.1, 0.15) is 74.6 Å². The second-order valence-corrected chi connectivity index (χ2v) is 9.69. The number of unbranched alkanes of at least 4 members (excludes halogenated alkanes) is 4. The van der Waals surface area contributed by atoms with Crippen molar-refractivity contribution in [2.75, 3.05) is 0 Å². The molecule has 2 heteroatoms. The molecular weight excluding hydrogens is 460 g/mol. The smallest absolute Gasteiger partial charge is 0.0991 e. The molecule has 0 spiro atoms. The van der Waals surface area contributed by atoms with E-state index in [1.54, 1.807) is 0 Å². The van der Waals surface area contributed by atoms with Gasteiger partial charge in [-0.3, -0.25) is 0 Å². The lowest BCUT2D eigenvalue weighted by Gasteiger charge is -2.04. The second-order valence-electron chi connectivity index (χ2n) is 9.69. The zero-order valence-electron chi connectivity index (χ0n) is 22.8. The first-order valence-electron chi connectivity index (χ1n) is 13.9. The van der Waals surface area contributed by atoms with Crippen LogP contribution in [0.4, 0.5) is 0 Å². The van der Waals surface area contributed by atoms with Gasteiger partial charge in [-0.25, -0.2) is 0 Å². The molecule has 0 heterocycles. The molecule has 0 aliphatic rings. The third-order valence-electron chi connectivity index (χ3n) is 6.74. The molecule has 4 aromatic rings. The summed E-state index contributed by atoms with van der Waals surface area (Å²) >= 11 is 0. The lowest BCUT2D eigenvalue weighted by Crippen LogP contribution is -1.86. The average Bonchev–Trinajstić information content (AvgIpc) is 2.99. The van der Waals surface area contributed by atoms with Gasteiger partial charge in [0.25, 0.3) is 0 Å². The van der Waals surface area contributed by atoms with Gasteiger partial charge in [-0.1, -0.05) is 112 Å². The fourth-order valence-corrected chi connectivity index (χ4v) is 4.36. The van der Waals surface area contributed by atoms with E-state index in [1.165, 1.54) is 84.7 Å². The minimum Gasteiger partial charge on any atom is -0.192 e. The summed E-state index contributed by atoms with van der Waals surface area (Å²) in [6, 6.07) is 37.3. The molecule has 0 aliphatic heterocycles. The highest BCUT2D eigenvalue weighted by molar-refractivity contribution is 5.65. The summed E-state index contributed by atoms with van der Waals surface area (Å²) in [7, 11) is 0. The molecule has 0 amide bonds. The number of nitrogens with zero attached hydrogens (tertiary/aromatic N) is 2. The molecule has 0 atom stereocenters. The normalized spacial score (nSPS) is 10.1. The molecule has 0 fully saturated rings. The zero-order chi connectivity index (χ0) is 27.0. The van der Waals surface area contributed by atoms with Crippen molar-refractivity contribution in [1.29, 1.82) is 10.5 Å². The van der Waals surface area contributed by atoms with Gasteiger partial charge in [0.05, 0.1) is 23.3 Å². The number of aryl methyl sites for hydroxylation is 2. The Balaban J connectivity index is 0.000000211. The maximum atomic E-state index is 8.79. The van der Waals surface area contributed by atoms with Gasteiger partial charge in [-0.2, -0.15) is 10.5 Å². The van der Waals surface area contributed by atoms with Gasteiger partial charge < -0.3 is 0 Å². The van der Waals surface area contributed by atoms with E-state index < -0.39 is 0 Å². The van der Waals surface area contributed by atoms with E-state index in [2.05, 4.69) is 74.5 Å². The Morgan fingerprint density at radius 2 is 0.711 bits per heavy atom. The summed E-state index contributed by atoms with van der Waals surface area (Å²) in [5.41, 5.74) is 8.99. The lowest BCUT2D eigenvalue weighted by molar-refractivity contribution is 0.717. The number of hydrogen-bond donors (Lipinski definition) is 0. The van der Waals surface area contributed by atoms with Crippen LogP contribution in [0, 0.1) is 22.7 Å². The van der Waals surface area contributed by atoms with Crippen molar-refractivity contribution in [1.82, 2.24) is 0 Å². The number of benzene rings is 4. The predicted molar refractivity (Wildman–Crippen MR) is 160 cm³/mol. The van der Waals surface area contributed by atoms with Crippen molar-refractivity contribution in [3.05, 3.63) is 119 Å². The Morgan fingerprint density at radius 1 is 0.421 bits per heavy atom. The molecular formula is C36H38N2. The van der Waals surface area contributed by atoms with Gasteiger partial charge in [0.15, 0.2) is 0 Å². The third kappa shape index (κ3) is 9.06. The summed E-state index contributed by atoms with van der Waals surface area (Å²) in [4.78, 5) is 0. The molecule has 4 aromatic carbocycles. The predicted octanol–water partition coefficient (Wildman–Crippen LogP) is 9.92. The van der Waals surface area contributed by atoms with Crippen LogP contribution in [0.5, 0.6) is 0 Å². The largest absolute Gasteiger partial charge is 0.192 e. The van der Waals surface area contributed by atoms with E-state index in [9.17, 15) is 0 Å². The van der Waals surface area contributed by atoms with E-state index in [0.717, 1.165) is 0 Å². The van der Waals surface area contributed by atoms with Crippen LogP contribution in [0.2, 0.25) is 0 Å². The summed E-state index contributed by atoms with van der Waals surface area (Å²) in [5.74, 6) is 0. The Hall–Kier alpha value is -4.14. The van der Waals surface area contributed by atoms with Gasteiger partial charge in [0.2, 0.25) is 0 Å². The van der Waals surface area contributed by atoms with Crippen LogP contribution in [0.3, 0.4) is 0 Å². The fraction of sp³-hybridized carbons (Fsp3) is 0.278. The van der Waals surface area contributed by atoms with E-state index in [4.69, 9.17) is 10.5 Å². The molecule has 0 unspecified atom stereocenters. The number of hydrogen-bond acceptors (Lipinski definition) is 2. The van der Waals surface area contributed by atoms with Crippen LogP contribution in [0.15, 0.2) is 97.1 Å². The highest BCUT2D eigenvalue weighted by Gasteiger charge is 2.00. The van der Waals surface area contributed by atoms with Crippen molar-refractivity contribution in [3.8, 4) is 34.4 Å². The maximum absolute atomic E-state index is 8.79. The van der Waals surface area contributed by atoms with Crippen molar-refractivity contribution >= 4 is 0 Å². The van der Waals surface area contributed by atoms with Crippen LogP contribution >= 0.6 is 0 Å². The molecule has 0 N–H and O–H groups in total. The fourth-order valence-electron chi connectivity index (χ4n) is 4.36. The van der Waals surface area contributed by atoms with E-state index >= 15 is 0 Å². The van der Waals surface area contributed by atoms with Gasteiger partial charge in [0, 0.05) is 0 Å². The Bertz CT molecular complexity index is 1190. The number of nitriles is 2. The highest BCUT2D eigenvalue weighted by atomic mass is 14.2. The minimum atomic E-state index is 0.708. The molecule has 38 heavy (non-hydrogen) atoms. The summed E-state index contributed by atoms with van der Waals surface area (Å²) in [6.45, 7) is 4.46. The highest BCUT2D eigenvalue weighted by Crippen LogP contribution is 2.22. The molecule has 0 radical (unpaired) electrons. The van der Waals surface area contributed by atoms with Gasteiger partial charge in [-0.15, -0.1) is 0 Å². The third-order valence-corrected chi connectivity index (χ3v) is 6.74. The Labute approximate surface area is 229 Å². The Kier molecular flexibility index (Phi) is 11.9. The quantitative estimate of drug-likeness (QED) is 0.204. The van der Waals surface area contributed by atoms with Gasteiger partial charge >= 0.3 is 0 Å². The Morgan fingerprint density at radius 3 is 0.974 bits per heavy atom. The first kappa shape index (κ1) is 28.4. The lowest BCUT2D eigenvalue weighted by atomic mass is 10.0. The molecule has 192 valence electrons. The van der Waals surface area contributed by atoms with Crippen molar-refractivity contribution < 1.29 is 0 Å². The standard InChI is InChI=1S/2C18H19N/c2*1-2-3-4-5-15-6-10-17(11-7-15)18-12-8-16(14-19)9-13-18/h2*6-13H,2-5H2,1H3. The summed E-state index contributed by atoms with van der Waals surface area (Å²) in [6.07, 6.45) is 10.0. The molecule has 0 aromatic heterocycles. The molecule has 4 rings (SSSR count). The first-order valence-corrected chi connectivity index (χ1v) is 13.9. The van der Waals surface area contributed by atoms with Gasteiger partial charge in [0.1, 0.15) is 0 Å². The molecule has 0 aliphatic carbocycles.